The van der Waals surface area contributed by atoms with Crippen molar-refractivity contribution in [1.29, 1.82) is 0 Å². The molecule has 0 atom stereocenters. The van der Waals surface area contributed by atoms with Gasteiger partial charge in [0.15, 0.2) is 0 Å². The maximum atomic E-state index is 2.50. The Morgan fingerprint density at radius 2 is 0.614 bits per heavy atom. The van der Waals surface area contributed by atoms with E-state index in [4.69, 9.17) is 0 Å². The summed E-state index contributed by atoms with van der Waals surface area (Å²) in [5.74, 6) is 0. The van der Waals surface area contributed by atoms with Gasteiger partial charge in [-0.1, -0.05) is 152 Å². The molecular formula is C54H35N3. The van der Waals surface area contributed by atoms with Crippen molar-refractivity contribution < 1.29 is 0 Å². The van der Waals surface area contributed by atoms with E-state index in [0.29, 0.717) is 0 Å². The first-order valence-corrected chi connectivity index (χ1v) is 19.6. The molecule has 0 aliphatic carbocycles. The molecule has 0 bridgehead atoms. The van der Waals surface area contributed by atoms with Gasteiger partial charge in [-0.2, -0.15) is 0 Å². The minimum atomic E-state index is 1.12. The molecule has 0 aliphatic rings. The normalized spacial score (nSPS) is 11.9. The summed E-state index contributed by atoms with van der Waals surface area (Å²) in [6, 6.07) is 77.5. The molecule has 12 aromatic rings. The predicted octanol–water partition coefficient (Wildman–Crippen LogP) is 14.3. The van der Waals surface area contributed by atoms with Crippen LogP contribution in [0.4, 0.5) is 0 Å². The van der Waals surface area contributed by atoms with E-state index < -0.39 is 0 Å². The van der Waals surface area contributed by atoms with Crippen molar-refractivity contribution in [3.05, 3.63) is 212 Å². The van der Waals surface area contributed by atoms with Crippen LogP contribution in [0.15, 0.2) is 212 Å². The van der Waals surface area contributed by atoms with E-state index in [1.807, 2.05) is 0 Å². The standard InChI is InChI=1S/C54H35N3/c1-4-16-36(17-5-1)38-32-39(37-18-6-2-7-19-37)34-42(33-38)55-49-25-13-10-22-43(49)46-29-28-41(35-52(46)55)57-51-27-15-12-24-45(51)48-31-30-47-44-23-11-14-26-50(44)56(53(47)54(48)57)40-20-8-3-9-21-40/h1-35H. The zero-order valence-electron chi connectivity index (χ0n) is 31.0. The minimum absolute atomic E-state index is 1.12. The molecule has 0 saturated carbocycles. The molecule has 0 fully saturated rings. The molecule has 9 aromatic carbocycles. The Hall–Kier alpha value is -7.62. The molecule has 0 saturated heterocycles. The van der Waals surface area contributed by atoms with E-state index in [1.54, 1.807) is 0 Å². The number of aromatic nitrogens is 3. The molecule has 0 amide bonds. The number of hydrogen-bond acceptors (Lipinski definition) is 0. The molecular weight excluding hydrogens is 691 g/mol. The zero-order valence-corrected chi connectivity index (χ0v) is 31.0. The lowest BCUT2D eigenvalue weighted by molar-refractivity contribution is 1.14. The van der Waals surface area contributed by atoms with Crippen molar-refractivity contribution in [3.8, 4) is 39.3 Å². The lowest BCUT2D eigenvalue weighted by Gasteiger charge is -2.15. The predicted molar refractivity (Wildman–Crippen MR) is 240 cm³/mol. The van der Waals surface area contributed by atoms with Crippen LogP contribution in [0.2, 0.25) is 0 Å². The van der Waals surface area contributed by atoms with E-state index in [9.17, 15) is 0 Å². The number of para-hydroxylation sites is 4. The first-order chi connectivity index (χ1) is 28.3. The Bertz CT molecular complexity index is 3440. The van der Waals surface area contributed by atoms with Crippen molar-refractivity contribution in [2.45, 2.75) is 0 Å². The van der Waals surface area contributed by atoms with Crippen molar-refractivity contribution in [3.63, 3.8) is 0 Å². The van der Waals surface area contributed by atoms with Crippen LogP contribution >= 0.6 is 0 Å². The average Bonchev–Trinajstić information content (AvgIpc) is 3.93. The zero-order chi connectivity index (χ0) is 37.5. The second-order valence-electron chi connectivity index (χ2n) is 15.0. The van der Waals surface area contributed by atoms with Crippen LogP contribution in [0.5, 0.6) is 0 Å². The summed E-state index contributed by atoms with van der Waals surface area (Å²) in [4.78, 5) is 0. The Balaban J connectivity index is 1.20. The SMILES string of the molecule is c1ccc(-c2cc(-c3ccccc3)cc(-n3c4ccccc4c4ccc(-n5c6ccccc6c6ccc7c8ccccc8n(-c8ccccc8)c7c65)cc43)c2)cc1. The maximum Gasteiger partial charge on any atom is 0.0788 e. The summed E-state index contributed by atoms with van der Waals surface area (Å²) in [6.45, 7) is 0. The summed E-state index contributed by atoms with van der Waals surface area (Å²) in [5.41, 5.74) is 15.3. The molecule has 0 spiro atoms. The lowest BCUT2D eigenvalue weighted by atomic mass is 9.98. The lowest BCUT2D eigenvalue weighted by Crippen LogP contribution is -2.00. The Morgan fingerprint density at radius 3 is 1.16 bits per heavy atom. The average molecular weight is 726 g/mol. The molecule has 266 valence electrons. The second-order valence-corrected chi connectivity index (χ2v) is 15.0. The van der Waals surface area contributed by atoms with Gasteiger partial charge in [-0.3, -0.25) is 0 Å². The summed E-state index contributed by atoms with van der Waals surface area (Å²) in [7, 11) is 0. The number of nitrogens with zero attached hydrogens (tertiary/aromatic N) is 3. The fourth-order valence-electron chi connectivity index (χ4n) is 9.33. The molecule has 0 aliphatic heterocycles. The third kappa shape index (κ3) is 4.79. The molecule has 0 radical (unpaired) electrons. The Labute approximate surface area is 329 Å². The summed E-state index contributed by atoms with van der Waals surface area (Å²) in [6.07, 6.45) is 0. The first-order valence-electron chi connectivity index (χ1n) is 19.6. The van der Waals surface area contributed by atoms with Crippen molar-refractivity contribution >= 4 is 65.4 Å². The number of hydrogen-bond donors (Lipinski definition) is 0. The largest absolute Gasteiger partial charge is 0.309 e. The highest BCUT2D eigenvalue weighted by Gasteiger charge is 2.22. The Kier molecular flexibility index (Phi) is 6.93. The van der Waals surface area contributed by atoms with E-state index in [1.165, 1.54) is 87.7 Å². The van der Waals surface area contributed by atoms with Crippen molar-refractivity contribution in [1.82, 2.24) is 13.7 Å². The van der Waals surface area contributed by atoms with E-state index in [-0.39, 0.29) is 0 Å². The van der Waals surface area contributed by atoms with Gasteiger partial charge in [0.1, 0.15) is 0 Å². The number of benzene rings is 9. The van der Waals surface area contributed by atoms with E-state index in [2.05, 4.69) is 226 Å². The van der Waals surface area contributed by atoms with Crippen LogP contribution in [0.25, 0.3) is 105 Å². The highest BCUT2D eigenvalue weighted by atomic mass is 15.1. The fourth-order valence-corrected chi connectivity index (χ4v) is 9.33. The Morgan fingerprint density at radius 1 is 0.211 bits per heavy atom. The van der Waals surface area contributed by atoms with Gasteiger partial charge in [0.2, 0.25) is 0 Å². The molecule has 3 aromatic heterocycles. The van der Waals surface area contributed by atoms with Gasteiger partial charge in [0, 0.05) is 49.4 Å². The second kappa shape index (κ2) is 12.5. The summed E-state index contributed by atoms with van der Waals surface area (Å²) >= 11 is 0. The van der Waals surface area contributed by atoms with Gasteiger partial charge >= 0.3 is 0 Å². The third-order valence-electron chi connectivity index (χ3n) is 11.8. The van der Waals surface area contributed by atoms with Crippen molar-refractivity contribution in [2.24, 2.45) is 0 Å². The maximum absolute atomic E-state index is 2.50. The van der Waals surface area contributed by atoms with Gasteiger partial charge in [-0.05, 0) is 82.9 Å². The quantitative estimate of drug-likeness (QED) is 0.168. The van der Waals surface area contributed by atoms with Crippen LogP contribution < -0.4 is 0 Å². The fraction of sp³-hybridized carbons (Fsp3) is 0. The molecule has 3 heterocycles. The first kappa shape index (κ1) is 31.7. The van der Waals surface area contributed by atoms with Crippen LogP contribution in [-0.2, 0) is 0 Å². The number of fused-ring (bicyclic) bond motifs is 10. The molecule has 3 heteroatoms. The van der Waals surface area contributed by atoms with Gasteiger partial charge < -0.3 is 13.7 Å². The van der Waals surface area contributed by atoms with Gasteiger partial charge in [-0.15, -0.1) is 0 Å². The highest BCUT2D eigenvalue weighted by Crippen LogP contribution is 2.43. The summed E-state index contributed by atoms with van der Waals surface area (Å²) in [5, 5.41) is 7.43. The van der Waals surface area contributed by atoms with E-state index in [0.717, 1.165) is 17.1 Å². The monoisotopic (exact) mass is 725 g/mol. The van der Waals surface area contributed by atoms with Crippen LogP contribution in [0, 0.1) is 0 Å². The van der Waals surface area contributed by atoms with Crippen molar-refractivity contribution in [2.75, 3.05) is 0 Å². The minimum Gasteiger partial charge on any atom is -0.309 e. The molecule has 57 heavy (non-hydrogen) atoms. The smallest absolute Gasteiger partial charge is 0.0788 e. The molecule has 3 nitrogen and oxygen atoms in total. The van der Waals surface area contributed by atoms with Gasteiger partial charge in [-0.25, -0.2) is 0 Å². The topological polar surface area (TPSA) is 14.8 Å². The molecule has 12 rings (SSSR count). The van der Waals surface area contributed by atoms with Crippen LogP contribution in [0.1, 0.15) is 0 Å². The van der Waals surface area contributed by atoms with Crippen LogP contribution in [-0.4, -0.2) is 13.7 Å². The van der Waals surface area contributed by atoms with Crippen LogP contribution in [0.3, 0.4) is 0 Å². The molecule has 0 unspecified atom stereocenters. The van der Waals surface area contributed by atoms with Gasteiger partial charge in [0.05, 0.1) is 33.1 Å². The summed E-state index contributed by atoms with van der Waals surface area (Å²) < 4.78 is 7.43. The number of rotatable bonds is 5. The van der Waals surface area contributed by atoms with E-state index >= 15 is 0 Å². The third-order valence-corrected chi connectivity index (χ3v) is 11.8. The molecule has 0 N–H and O–H groups in total. The van der Waals surface area contributed by atoms with Gasteiger partial charge in [0.25, 0.3) is 0 Å². The highest BCUT2D eigenvalue weighted by molar-refractivity contribution is 6.24.